The molecule has 0 heterocycles. The molecule has 0 aliphatic heterocycles. The molecule has 1 aromatic carbocycles. The molecule has 5 nitrogen and oxygen atoms in total. The van der Waals surface area contributed by atoms with Crippen LogP contribution in [0, 0.1) is 0 Å². The van der Waals surface area contributed by atoms with Crippen LogP contribution in [-0.2, 0) is 14.3 Å². The summed E-state index contributed by atoms with van der Waals surface area (Å²) < 4.78 is 10.9. The molecule has 21 heavy (non-hydrogen) atoms. The summed E-state index contributed by atoms with van der Waals surface area (Å²) >= 11 is 9.06. The van der Waals surface area contributed by atoms with Crippen molar-refractivity contribution in [2.24, 2.45) is 0 Å². The smallest absolute Gasteiger partial charge is 0.344 e. The molecule has 1 aromatic rings. The van der Waals surface area contributed by atoms with Gasteiger partial charge in [0.05, 0.1) is 4.47 Å². The van der Waals surface area contributed by atoms with Crippen LogP contribution in [0.4, 0.5) is 0 Å². The molecule has 1 atom stereocenters. The Bertz CT molecular complexity index is 536. The van der Waals surface area contributed by atoms with Crippen molar-refractivity contribution in [1.82, 2.24) is 5.32 Å². The fourth-order valence-electron chi connectivity index (χ4n) is 1.33. The maximum absolute atomic E-state index is 11.6. The Morgan fingerprint density at radius 1 is 1.52 bits per heavy atom. The second kappa shape index (κ2) is 8.69. The van der Waals surface area contributed by atoms with Gasteiger partial charge in [-0.15, -0.1) is 6.58 Å². The van der Waals surface area contributed by atoms with Gasteiger partial charge in [-0.05, 0) is 41.1 Å². The van der Waals surface area contributed by atoms with Gasteiger partial charge in [0, 0.05) is 11.6 Å². The Labute approximate surface area is 136 Å². The maximum atomic E-state index is 11.6. The minimum Gasteiger partial charge on any atom is -0.481 e. The van der Waals surface area contributed by atoms with E-state index >= 15 is 0 Å². The van der Waals surface area contributed by atoms with Crippen LogP contribution in [0.2, 0.25) is 5.02 Å². The highest BCUT2D eigenvalue weighted by Gasteiger charge is 2.17. The van der Waals surface area contributed by atoms with Crippen molar-refractivity contribution in [3.8, 4) is 5.75 Å². The summed E-state index contributed by atoms with van der Waals surface area (Å²) in [6.45, 7) is 4.96. The minimum atomic E-state index is -0.894. The number of carbonyl (C=O) groups excluding carboxylic acids is 2. The van der Waals surface area contributed by atoms with Gasteiger partial charge in [0.2, 0.25) is 0 Å². The highest BCUT2D eigenvalue weighted by atomic mass is 79.9. The van der Waals surface area contributed by atoms with E-state index in [1.807, 2.05) is 0 Å². The van der Waals surface area contributed by atoms with Crippen LogP contribution in [0.1, 0.15) is 6.92 Å². The molecule has 0 spiro atoms. The van der Waals surface area contributed by atoms with Crippen LogP contribution in [0.5, 0.6) is 5.75 Å². The number of benzene rings is 1. The van der Waals surface area contributed by atoms with Crippen molar-refractivity contribution in [1.29, 1.82) is 0 Å². The summed E-state index contributed by atoms with van der Waals surface area (Å²) in [5.74, 6) is -0.575. The van der Waals surface area contributed by atoms with Gasteiger partial charge in [-0.2, -0.15) is 0 Å². The summed E-state index contributed by atoms with van der Waals surface area (Å²) in [5, 5.41) is 3.08. The number of nitrogens with one attached hydrogen (secondary N) is 1. The molecule has 0 unspecified atom stereocenters. The Morgan fingerprint density at radius 3 is 2.86 bits per heavy atom. The van der Waals surface area contributed by atoms with E-state index in [9.17, 15) is 9.59 Å². The van der Waals surface area contributed by atoms with Gasteiger partial charge in [-0.3, -0.25) is 4.79 Å². The number of rotatable bonds is 7. The van der Waals surface area contributed by atoms with E-state index < -0.39 is 18.0 Å². The normalized spacial score (nSPS) is 11.4. The predicted molar refractivity (Wildman–Crippen MR) is 83.4 cm³/mol. The van der Waals surface area contributed by atoms with Gasteiger partial charge in [0.15, 0.2) is 12.7 Å². The van der Waals surface area contributed by atoms with E-state index in [1.54, 1.807) is 18.2 Å². The Kier molecular flexibility index (Phi) is 7.25. The largest absolute Gasteiger partial charge is 0.481 e. The molecule has 0 aliphatic carbocycles. The highest BCUT2D eigenvalue weighted by molar-refractivity contribution is 9.10. The molecule has 0 saturated carbocycles. The maximum Gasteiger partial charge on any atom is 0.344 e. The molecule has 0 bridgehead atoms. The lowest BCUT2D eigenvalue weighted by Crippen LogP contribution is -2.36. The Hall–Kier alpha value is -1.53. The number of ether oxygens (including phenoxy) is 2. The zero-order valence-corrected chi connectivity index (χ0v) is 13.7. The molecule has 114 valence electrons. The van der Waals surface area contributed by atoms with Crippen molar-refractivity contribution in [2.45, 2.75) is 13.0 Å². The Balaban J connectivity index is 2.43. The number of hydrogen-bond acceptors (Lipinski definition) is 4. The second-order valence-electron chi connectivity index (χ2n) is 4.03. The zero-order chi connectivity index (χ0) is 15.8. The second-order valence-corrected chi connectivity index (χ2v) is 5.32. The summed E-state index contributed by atoms with van der Waals surface area (Å²) in [6.07, 6.45) is 0.642. The topological polar surface area (TPSA) is 64.6 Å². The first-order valence-corrected chi connectivity index (χ1v) is 7.27. The molecule has 1 N–H and O–H groups in total. The average Bonchev–Trinajstić information content (AvgIpc) is 2.43. The van der Waals surface area contributed by atoms with Crippen LogP contribution >= 0.6 is 27.5 Å². The van der Waals surface area contributed by atoms with Gasteiger partial charge in [-0.1, -0.05) is 17.7 Å². The van der Waals surface area contributed by atoms with Crippen molar-refractivity contribution in [3.05, 3.63) is 40.3 Å². The molecule has 7 heteroatoms. The first-order chi connectivity index (χ1) is 9.93. The van der Waals surface area contributed by atoms with Crippen LogP contribution in [0.25, 0.3) is 0 Å². The van der Waals surface area contributed by atoms with Gasteiger partial charge in [-0.25, -0.2) is 4.79 Å². The minimum absolute atomic E-state index is 0.306. The molecule has 1 rings (SSSR count). The summed E-state index contributed by atoms with van der Waals surface area (Å²) in [4.78, 5) is 23.1. The zero-order valence-electron chi connectivity index (χ0n) is 11.4. The molecule has 0 radical (unpaired) electrons. The summed E-state index contributed by atoms with van der Waals surface area (Å²) in [6, 6.07) is 4.91. The summed E-state index contributed by atoms with van der Waals surface area (Å²) in [5.41, 5.74) is 0. The molecule has 0 saturated heterocycles. The number of amides is 1. The Morgan fingerprint density at radius 2 is 2.24 bits per heavy atom. The predicted octanol–water partition coefficient (Wildman–Crippen LogP) is 2.72. The molecular weight excluding hydrogens is 362 g/mol. The lowest BCUT2D eigenvalue weighted by molar-refractivity contribution is -0.156. The first-order valence-electron chi connectivity index (χ1n) is 6.10. The molecule has 0 fully saturated rings. The van der Waals surface area contributed by atoms with E-state index in [-0.39, 0.29) is 6.61 Å². The molecule has 1 amide bonds. The van der Waals surface area contributed by atoms with Crippen LogP contribution in [0.3, 0.4) is 0 Å². The SMILES string of the molecule is C=CCNC(=O)[C@@H](C)OC(=O)COc1ccc(Cl)cc1Br. The molecule has 0 aliphatic rings. The van der Waals surface area contributed by atoms with Crippen molar-refractivity contribution in [2.75, 3.05) is 13.2 Å². The number of esters is 1. The summed E-state index contributed by atoms with van der Waals surface area (Å²) in [7, 11) is 0. The van der Waals surface area contributed by atoms with E-state index in [0.29, 0.717) is 21.8 Å². The van der Waals surface area contributed by atoms with Crippen LogP contribution in [-0.4, -0.2) is 31.1 Å². The molecule has 0 aromatic heterocycles. The quantitative estimate of drug-likeness (QED) is 0.587. The average molecular weight is 377 g/mol. The fraction of sp³-hybridized carbons (Fsp3) is 0.286. The third-order valence-corrected chi connectivity index (χ3v) is 3.19. The van der Waals surface area contributed by atoms with Crippen molar-refractivity contribution in [3.63, 3.8) is 0 Å². The van der Waals surface area contributed by atoms with Crippen molar-refractivity contribution >= 4 is 39.4 Å². The number of halogens is 2. The van der Waals surface area contributed by atoms with Crippen LogP contribution in [0.15, 0.2) is 35.3 Å². The van der Waals surface area contributed by atoms with E-state index in [4.69, 9.17) is 21.1 Å². The van der Waals surface area contributed by atoms with Gasteiger partial charge in [0.1, 0.15) is 5.75 Å². The third-order valence-electron chi connectivity index (χ3n) is 2.34. The monoisotopic (exact) mass is 375 g/mol. The van der Waals surface area contributed by atoms with Gasteiger partial charge >= 0.3 is 5.97 Å². The molecular formula is C14H15BrClNO4. The van der Waals surface area contributed by atoms with Crippen molar-refractivity contribution < 1.29 is 19.1 Å². The van der Waals surface area contributed by atoms with Gasteiger partial charge in [0.25, 0.3) is 5.91 Å². The standard InChI is InChI=1S/C14H15BrClNO4/c1-3-6-17-14(19)9(2)21-13(18)8-20-12-5-4-10(16)7-11(12)15/h3-5,7,9H,1,6,8H2,2H3,(H,17,19)/t9-/m1/s1. The fourth-order valence-corrected chi connectivity index (χ4v) is 2.13. The van der Waals surface area contributed by atoms with E-state index in [0.717, 1.165) is 0 Å². The van der Waals surface area contributed by atoms with E-state index in [1.165, 1.54) is 13.0 Å². The van der Waals surface area contributed by atoms with Gasteiger partial charge < -0.3 is 14.8 Å². The highest BCUT2D eigenvalue weighted by Crippen LogP contribution is 2.27. The lowest BCUT2D eigenvalue weighted by atomic mass is 10.3. The first kappa shape index (κ1) is 17.5. The van der Waals surface area contributed by atoms with E-state index in [2.05, 4.69) is 27.8 Å². The number of hydrogen-bond donors (Lipinski definition) is 1. The lowest BCUT2D eigenvalue weighted by Gasteiger charge is -2.13. The number of carbonyl (C=O) groups is 2. The third kappa shape index (κ3) is 6.18. The van der Waals surface area contributed by atoms with Crippen LogP contribution < -0.4 is 10.1 Å².